The van der Waals surface area contributed by atoms with Crippen LogP contribution in [-0.2, 0) is 4.79 Å². The largest absolute Gasteiger partial charge is 0.354 e. The number of nitrogens with two attached hydrogens (primary N) is 1. The molecule has 0 aromatic heterocycles. The van der Waals surface area contributed by atoms with Gasteiger partial charge >= 0.3 is 0 Å². The predicted molar refractivity (Wildman–Crippen MR) is 76.2 cm³/mol. The summed E-state index contributed by atoms with van der Waals surface area (Å²) in [7, 11) is 0. The highest BCUT2D eigenvalue weighted by molar-refractivity contribution is 5.84. The molecule has 0 aromatic rings. The second kappa shape index (κ2) is 7.13. The van der Waals surface area contributed by atoms with Crippen molar-refractivity contribution in [2.75, 3.05) is 6.54 Å². The van der Waals surface area contributed by atoms with Gasteiger partial charge in [0.15, 0.2) is 0 Å². The molecule has 0 spiro atoms. The van der Waals surface area contributed by atoms with E-state index in [0.29, 0.717) is 5.92 Å². The van der Waals surface area contributed by atoms with Gasteiger partial charge in [0.25, 0.3) is 0 Å². The van der Waals surface area contributed by atoms with Crippen LogP contribution in [0.25, 0.3) is 0 Å². The van der Waals surface area contributed by atoms with E-state index in [1.54, 1.807) is 13.8 Å². The van der Waals surface area contributed by atoms with Gasteiger partial charge in [-0.1, -0.05) is 39.0 Å². The van der Waals surface area contributed by atoms with Crippen molar-refractivity contribution in [3.05, 3.63) is 0 Å². The third-order valence-corrected chi connectivity index (χ3v) is 4.07. The van der Waals surface area contributed by atoms with E-state index < -0.39 is 5.54 Å². The van der Waals surface area contributed by atoms with Crippen LogP contribution in [0.1, 0.15) is 65.7 Å². The molecule has 0 unspecified atom stereocenters. The van der Waals surface area contributed by atoms with E-state index in [9.17, 15) is 4.79 Å². The molecule has 0 heterocycles. The smallest absolute Gasteiger partial charge is 0.239 e. The summed E-state index contributed by atoms with van der Waals surface area (Å²) < 4.78 is 0. The van der Waals surface area contributed by atoms with Crippen LogP contribution in [0.5, 0.6) is 0 Å². The molecule has 18 heavy (non-hydrogen) atoms. The number of carbonyl (C=O) groups is 1. The van der Waals surface area contributed by atoms with E-state index >= 15 is 0 Å². The first-order valence-corrected chi connectivity index (χ1v) is 7.50. The molecule has 0 saturated heterocycles. The molecule has 1 fully saturated rings. The van der Waals surface area contributed by atoms with Gasteiger partial charge in [-0.2, -0.15) is 0 Å². The van der Waals surface area contributed by atoms with Crippen molar-refractivity contribution in [2.24, 2.45) is 17.6 Å². The van der Waals surface area contributed by atoms with Gasteiger partial charge in [-0.3, -0.25) is 4.79 Å². The fourth-order valence-electron chi connectivity index (χ4n) is 2.68. The molecule has 3 nitrogen and oxygen atoms in total. The summed E-state index contributed by atoms with van der Waals surface area (Å²) >= 11 is 0. The van der Waals surface area contributed by atoms with Crippen molar-refractivity contribution >= 4 is 5.91 Å². The summed E-state index contributed by atoms with van der Waals surface area (Å²) in [5.74, 6) is 1.56. The quantitative estimate of drug-likeness (QED) is 0.766. The van der Waals surface area contributed by atoms with Gasteiger partial charge in [-0.05, 0) is 38.5 Å². The van der Waals surface area contributed by atoms with Gasteiger partial charge in [0.05, 0.1) is 5.54 Å². The number of rotatable bonds is 6. The molecule has 1 amide bonds. The van der Waals surface area contributed by atoms with Gasteiger partial charge in [0.2, 0.25) is 5.91 Å². The second-order valence-electron chi connectivity index (χ2n) is 6.46. The van der Waals surface area contributed by atoms with E-state index in [1.165, 1.54) is 44.9 Å². The fraction of sp³-hybridized carbons (Fsp3) is 0.933. The minimum Gasteiger partial charge on any atom is -0.354 e. The molecule has 1 rings (SSSR count). The monoisotopic (exact) mass is 254 g/mol. The average Bonchev–Trinajstić information content (AvgIpc) is 2.33. The summed E-state index contributed by atoms with van der Waals surface area (Å²) in [4.78, 5) is 11.7. The van der Waals surface area contributed by atoms with E-state index in [0.717, 1.165) is 12.5 Å². The summed E-state index contributed by atoms with van der Waals surface area (Å²) in [5, 5.41) is 2.99. The van der Waals surface area contributed by atoms with Crippen LogP contribution in [0.3, 0.4) is 0 Å². The number of hydrogen-bond acceptors (Lipinski definition) is 2. The Morgan fingerprint density at radius 3 is 2.28 bits per heavy atom. The topological polar surface area (TPSA) is 55.1 Å². The van der Waals surface area contributed by atoms with Gasteiger partial charge < -0.3 is 11.1 Å². The Morgan fingerprint density at radius 2 is 1.78 bits per heavy atom. The first kappa shape index (κ1) is 15.5. The van der Waals surface area contributed by atoms with Gasteiger partial charge in [-0.25, -0.2) is 0 Å². The number of nitrogens with one attached hydrogen (secondary N) is 1. The first-order chi connectivity index (χ1) is 8.43. The van der Waals surface area contributed by atoms with Crippen molar-refractivity contribution in [1.82, 2.24) is 5.32 Å². The van der Waals surface area contributed by atoms with Crippen LogP contribution < -0.4 is 11.1 Å². The maximum Gasteiger partial charge on any atom is 0.239 e. The van der Waals surface area contributed by atoms with E-state index in [2.05, 4.69) is 12.2 Å². The minimum atomic E-state index is -0.752. The Kier molecular flexibility index (Phi) is 6.13. The van der Waals surface area contributed by atoms with Gasteiger partial charge in [0.1, 0.15) is 0 Å². The molecule has 0 atom stereocenters. The number of hydrogen-bond donors (Lipinski definition) is 2. The molecule has 0 radical (unpaired) electrons. The average molecular weight is 254 g/mol. The molecule has 1 aliphatic rings. The van der Waals surface area contributed by atoms with Crippen molar-refractivity contribution < 1.29 is 4.79 Å². The lowest BCUT2D eigenvalue weighted by Gasteiger charge is -2.29. The Hall–Kier alpha value is -0.570. The molecule has 3 N–H and O–H groups in total. The van der Waals surface area contributed by atoms with Crippen LogP contribution in [0.2, 0.25) is 0 Å². The zero-order valence-electron chi connectivity index (χ0n) is 12.3. The molecule has 106 valence electrons. The van der Waals surface area contributed by atoms with Crippen LogP contribution in [0, 0.1) is 11.8 Å². The Labute approximate surface area is 112 Å². The molecule has 3 heteroatoms. The zero-order valence-corrected chi connectivity index (χ0v) is 12.3. The molecular formula is C15H30N2O. The summed E-state index contributed by atoms with van der Waals surface area (Å²) in [6, 6.07) is 0. The Morgan fingerprint density at radius 1 is 1.22 bits per heavy atom. The maximum absolute atomic E-state index is 11.7. The first-order valence-electron chi connectivity index (χ1n) is 7.50. The number of amides is 1. The normalized spacial score (nSPS) is 24.9. The van der Waals surface area contributed by atoms with Crippen LogP contribution in [0.4, 0.5) is 0 Å². The summed E-state index contributed by atoms with van der Waals surface area (Å²) in [6.07, 6.45) is 9.28. The zero-order chi connectivity index (χ0) is 13.6. The van der Waals surface area contributed by atoms with Crippen molar-refractivity contribution in [3.8, 4) is 0 Å². The van der Waals surface area contributed by atoms with E-state index in [1.807, 2.05) is 0 Å². The standard InChI is InChI=1S/C15H30N2O/c1-4-5-6-12-7-9-13(10-8-12)11-17-14(18)15(2,3)16/h12-13H,4-11,16H2,1-3H3,(H,17,18). The lowest BCUT2D eigenvalue weighted by Crippen LogP contribution is -2.50. The van der Waals surface area contributed by atoms with Crippen LogP contribution in [-0.4, -0.2) is 18.0 Å². The molecule has 0 aromatic carbocycles. The predicted octanol–water partition coefficient (Wildman–Crippen LogP) is 2.84. The Bertz CT molecular complexity index is 250. The second-order valence-corrected chi connectivity index (χ2v) is 6.46. The van der Waals surface area contributed by atoms with Crippen molar-refractivity contribution in [1.29, 1.82) is 0 Å². The lowest BCUT2D eigenvalue weighted by molar-refractivity contribution is -0.125. The third-order valence-electron chi connectivity index (χ3n) is 4.07. The van der Waals surface area contributed by atoms with Crippen LogP contribution in [0.15, 0.2) is 0 Å². The molecule has 1 aliphatic carbocycles. The summed E-state index contributed by atoms with van der Waals surface area (Å²) in [6.45, 7) is 6.57. The van der Waals surface area contributed by atoms with Gasteiger partial charge in [-0.15, -0.1) is 0 Å². The molecule has 1 saturated carbocycles. The fourth-order valence-corrected chi connectivity index (χ4v) is 2.68. The van der Waals surface area contributed by atoms with Gasteiger partial charge in [0, 0.05) is 6.54 Å². The van der Waals surface area contributed by atoms with E-state index in [-0.39, 0.29) is 5.91 Å². The van der Waals surface area contributed by atoms with E-state index in [4.69, 9.17) is 5.73 Å². The highest BCUT2D eigenvalue weighted by Gasteiger charge is 2.24. The Balaban J connectivity index is 2.18. The highest BCUT2D eigenvalue weighted by atomic mass is 16.2. The SMILES string of the molecule is CCCCC1CCC(CNC(=O)C(C)(C)N)CC1. The highest BCUT2D eigenvalue weighted by Crippen LogP contribution is 2.31. The lowest BCUT2D eigenvalue weighted by atomic mass is 9.80. The molecule has 0 bridgehead atoms. The van der Waals surface area contributed by atoms with Crippen LogP contribution >= 0.6 is 0 Å². The van der Waals surface area contributed by atoms with Crippen molar-refractivity contribution in [3.63, 3.8) is 0 Å². The number of carbonyl (C=O) groups excluding carboxylic acids is 1. The third kappa shape index (κ3) is 5.38. The summed E-state index contributed by atoms with van der Waals surface area (Å²) in [5.41, 5.74) is 5.01. The number of unbranched alkanes of at least 4 members (excludes halogenated alkanes) is 1. The molecule has 0 aliphatic heterocycles. The van der Waals surface area contributed by atoms with Crippen molar-refractivity contribution in [2.45, 2.75) is 71.3 Å². The maximum atomic E-state index is 11.7. The minimum absolute atomic E-state index is 0.0318. The molecular weight excluding hydrogens is 224 g/mol.